The van der Waals surface area contributed by atoms with Crippen molar-refractivity contribution in [3.05, 3.63) is 71.8 Å². The van der Waals surface area contributed by atoms with E-state index in [1.165, 1.54) is 0 Å². The molecule has 0 bridgehead atoms. The SMILES string of the molecule is O=C[C@H]1CC[C@@H](C(=O)c2ccccc2)[C@@H]1c1ccccc1. The number of ketones is 1. The molecule has 0 aromatic heterocycles. The zero-order valence-corrected chi connectivity index (χ0v) is 11.8. The smallest absolute Gasteiger partial charge is 0.166 e. The van der Waals surface area contributed by atoms with Crippen molar-refractivity contribution < 1.29 is 9.59 Å². The van der Waals surface area contributed by atoms with E-state index in [2.05, 4.69) is 0 Å². The van der Waals surface area contributed by atoms with E-state index >= 15 is 0 Å². The fourth-order valence-electron chi connectivity index (χ4n) is 3.45. The topological polar surface area (TPSA) is 34.1 Å². The molecule has 2 nitrogen and oxygen atoms in total. The van der Waals surface area contributed by atoms with Crippen LogP contribution in [0, 0.1) is 11.8 Å². The van der Waals surface area contributed by atoms with Crippen molar-refractivity contribution in [3.63, 3.8) is 0 Å². The molecule has 2 aromatic carbocycles. The first-order valence-corrected chi connectivity index (χ1v) is 7.41. The van der Waals surface area contributed by atoms with E-state index < -0.39 is 0 Å². The van der Waals surface area contributed by atoms with Gasteiger partial charge in [0.1, 0.15) is 6.29 Å². The molecule has 3 rings (SSSR count). The summed E-state index contributed by atoms with van der Waals surface area (Å²) in [5.74, 6) is 0.0280. The van der Waals surface area contributed by atoms with Crippen LogP contribution in [0.4, 0.5) is 0 Å². The number of hydrogen-bond donors (Lipinski definition) is 0. The van der Waals surface area contributed by atoms with Crippen LogP contribution in [-0.2, 0) is 4.79 Å². The molecule has 0 heterocycles. The molecule has 2 heteroatoms. The summed E-state index contributed by atoms with van der Waals surface area (Å²) in [6.07, 6.45) is 2.61. The highest BCUT2D eigenvalue weighted by Crippen LogP contribution is 2.44. The second kappa shape index (κ2) is 6.04. The Balaban J connectivity index is 1.94. The molecule has 3 atom stereocenters. The van der Waals surface area contributed by atoms with Crippen LogP contribution < -0.4 is 0 Å². The Morgan fingerprint density at radius 3 is 2.14 bits per heavy atom. The lowest BCUT2D eigenvalue weighted by Crippen LogP contribution is -2.21. The first-order valence-electron chi connectivity index (χ1n) is 7.41. The number of carbonyl (C=O) groups excluding carboxylic acids is 2. The number of carbonyl (C=O) groups is 2. The van der Waals surface area contributed by atoms with Crippen molar-refractivity contribution in [1.82, 2.24) is 0 Å². The van der Waals surface area contributed by atoms with Gasteiger partial charge in [0, 0.05) is 23.3 Å². The van der Waals surface area contributed by atoms with Crippen LogP contribution in [-0.4, -0.2) is 12.1 Å². The Kier molecular flexibility index (Phi) is 3.96. The van der Waals surface area contributed by atoms with Gasteiger partial charge < -0.3 is 4.79 Å². The molecule has 1 saturated carbocycles. The van der Waals surface area contributed by atoms with Crippen molar-refractivity contribution in [2.45, 2.75) is 18.8 Å². The number of Topliss-reactive ketones (excluding diaryl/α,β-unsaturated/α-hetero) is 1. The largest absolute Gasteiger partial charge is 0.303 e. The second-order valence-corrected chi connectivity index (χ2v) is 5.65. The zero-order valence-electron chi connectivity index (χ0n) is 11.8. The quantitative estimate of drug-likeness (QED) is 0.628. The van der Waals surface area contributed by atoms with E-state index in [4.69, 9.17) is 0 Å². The van der Waals surface area contributed by atoms with Crippen molar-refractivity contribution in [1.29, 1.82) is 0 Å². The van der Waals surface area contributed by atoms with Gasteiger partial charge in [-0.25, -0.2) is 0 Å². The van der Waals surface area contributed by atoms with Gasteiger partial charge in [0.15, 0.2) is 5.78 Å². The fourth-order valence-corrected chi connectivity index (χ4v) is 3.45. The molecule has 21 heavy (non-hydrogen) atoms. The Bertz CT molecular complexity index is 619. The van der Waals surface area contributed by atoms with Crippen LogP contribution in [0.3, 0.4) is 0 Å². The van der Waals surface area contributed by atoms with Gasteiger partial charge in [-0.1, -0.05) is 60.7 Å². The van der Waals surface area contributed by atoms with Crippen LogP contribution in [0.25, 0.3) is 0 Å². The maximum Gasteiger partial charge on any atom is 0.166 e. The summed E-state index contributed by atoms with van der Waals surface area (Å²) in [5.41, 5.74) is 1.84. The highest BCUT2D eigenvalue weighted by Gasteiger charge is 2.40. The molecule has 0 unspecified atom stereocenters. The van der Waals surface area contributed by atoms with E-state index in [1.54, 1.807) is 0 Å². The average molecular weight is 278 g/mol. The third-order valence-corrected chi connectivity index (χ3v) is 4.46. The summed E-state index contributed by atoms with van der Waals surface area (Å²) in [7, 11) is 0. The first-order chi connectivity index (χ1) is 10.3. The predicted octanol–water partition coefficient (Wildman–Crippen LogP) is 3.88. The van der Waals surface area contributed by atoms with E-state index in [1.807, 2.05) is 60.7 Å². The lowest BCUT2D eigenvalue weighted by atomic mass is 9.80. The van der Waals surface area contributed by atoms with Crippen molar-refractivity contribution in [2.24, 2.45) is 11.8 Å². The van der Waals surface area contributed by atoms with Gasteiger partial charge in [-0.05, 0) is 18.4 Å². The molecular weight excluding hydrogens is 260 g/mol. The maximum atomic E-state index is 12.8. The number of rotatable bonds is 4. The minimum absolute atomic E-state index is 0.0106. The third kappa shape index (κ3) is 2.66. The van der Waals surface area contributed by atoms with Crippen molar-refractivity contribution in [2.75, 3.05) is 0 Å². The second-order valence-electron chi connectivity index (χ2n) is 5.65. The molecule has 0 N–H and O–H groups in total. The maximum absolute atomic E-state index is 12.8. The minimum atomic E-state index is -0.0926. The molecule has 0 radical (unpaired) electrons. The number of hydrogen-bond acceptors (Lipinski definition) is 2. The molecule has 106 valence electrons. The minimum Gasteiger partial charge on any atom is -0.303 e. The van der Waals surface area contributed by atoms with Gasteiger partial charge >= 0.3 is 0 Å². The molecule has 1 aliphatic carbocycles. The summed E-state index contributed by atoms with van der Waals surface area (Å²) in [6, 6.07) is 19.4. The molecule has 1 fully saturated rings. The monoisotopic (exact) mass is 278 g/mol. The van der Waals surface area contributed by atoms with Crippen molar-refractivity contribution in [3.8, 4) is 0 Å². The Hall–Kier alpha value is -2.22. The molecule has 0 saturated heterocycles. The standard InChI is InChI=1S/C19H18O2/c20-13-16-11-12-17(18(16)14-7-3-1-4-8-14)19(21)15-9-5-2-6-10-15/h1-10,13,16-18H,11-12H2/t16-,17-,18-/m1/s1. The van der Waals surface area contributed by atoms with Gasteiger partial charge in [-0.2, -0.15) is 0 Å². The summed E-state index contributed by atoms with van der Waals surface area (Å²) in [5, 5.41) is 0. The highest BCUT2D eigenvalue weighted by molar-refractivity contribution is 5.99. The van der Waals surface area contributed by atoms with Crippen LogP contribution in [0.1, 0.15) is 34.7 Å². The Labute approximate surface area is 124 Å². The molecule has 0 aliphatic heterocycles. The summed E-state index contributed by atoms with van der Waals surface area (Å²) < 4.78 is 0. The van der Waals surface area contributed by atoms with Crippen LogP contribution in [0.15, 0.2) is 60.7 Å². The first kappa shape index (κ1) is 13.7. The van der Waals surface area contributed by atoms with Crippen LogP contribution in [0.5, 0.6) is 0 Å². The van der Waals surface area contributed by atoms with E-state index in [0.29, 0.717) is 0 Å². The zero-order chi connectivity index (χ0) is 14.7. The third-order valence-electron chi connectivity index (χ3n) is 4.46. The molecule has 2 aromatic rings. The van der Waals surface area contributed by atoms with Gasteiger partial charge in [-0.3, -0.25) is 4.79 Å². The van der Waals surface area contributed by atoms with E-state index in [0.717, 1.165) is 30.3 Å². The number of benzene rings is 2. The van der Waals surface area contributed by atoms with E-state index in [-0.39, 0.29) is 23.5 Å². The molecule has 0 spiro atoms. The summed E-state index contributed by atoms with van der Waals surface area (Å²) >= 11 is 0. The number of aldehydes is 1. The van der Waals surface area contributed by atoms with Gasteiger partial charge in [0.05, 0.1) is 0 Å². The van der Waals surface area contributed by atoms with Crippen LogP contribution >= 0.6 is 0 Å². The molecule has 1 aliphatic rings. The van der Waals surface area contributed by atoms with Gasteiger partial charge in [0.2, 0.25) is 0 Å². The Morgan fingerprint density at radius 1 is 0.905 bits per heavy atom. The predicted molar refractivity (Wildman–Crippen MR) is 82.2 cm³/mol. The Morgan fingerprint density at radius 2 is 1.52 bits per heavy atom. The van der Waals surface area contributed by atoms with E-state index in [9.17, 15) is 9.59 Å². The summed E-state index contributed by atoms with van der Waals surface area (Å²) in [6.45, 7) is 0. The average Bonchev–Trinajstić information content (AvgIpc) is 2.99. The normalized spacial score (nSPS) is 24.7. The molecule has 0 amide bonds. The molecular formula is C19H18O2. The van der Waals surface area contributed by atoms with Gasteiger partial charge in [-0.15, -0.1) is 0 Å². The van der Waals surface area contributed by atoms with Crippen LogP contribution in [0.2, 0.25) is 0 Å². The lowest BCUT2D eigenvalue weighted by Gasteiger charge is -2.22. The van der Waals surface area contributed by atoms with Crippen molar-refractivity contribution >= 4 is 12.1 Å². The summed E-state index contributed by atoms with van der Waals surface area (Å²) in [4.78, 5) is 24.2. The lowest BCUT2D eigenvalue weighted by molar-refractivity contribution is -0.111. The highest BCUT2D eigenvalue weighted by atomic mass is 16.1. The fraction of sp³-hybridized carbons (Fsp3) is 0.263. The van der Waals surface area contributed by atoms with Gasteiger partial charge in [0.25, 0.3) is 0 Å².